The van der Waals surface area contributed by atoms with Crippen LogP contribution in [-0.2, 0) is 25.9 Å². The van der Waals surface area contributed by atoms with Crippen molar-refractivity contribution in [2.75, 3.05) is 30.1 Å². The number of nitrogens with one attached hydrogen (secondary N) is 2. The van der Waals surface area contributed by atoms with Gasteiger partial charge in [-0.3, -0.25) is 0 Å². The molecule has 0 saturated carbocycles. The van der Waals surface area contributed by atoms with Crippen molar-refractivity contribution in [2.45, 2.75) is 109 Å². The number of aliphatic hydroxyl groups is 1. The fourth-order valence-electron chi connectivity index (χ4n) is 8.11. The maximum atomic E-state index is 14.1. The number of amides is 2. The average molecular weight is 720 g/mol. The molecule has 0 aromatic heterocycles. The molecule has 10 heteroatoms. The van der Waals surface area contributed by atoms with Crippen molar-refractivity contribution in [3.63, 3.8) is 0 Å². The molecule has 5 rings (SSSR count). The molecule has 0 aliphatic carbocycles. The zero-order valence-corrected chi connectivity index (χ0v) is 32.1. The number of fused-ring (bicyclic) bond motifs is 1. The largest absolute Gasteiger partial charge is 0.392 e. The zero-order chi connectivity index (χ0) is 36.9. The van der Waals surface area contributed by atoms with Gasteiger partial charge in [-0.05, 0) is 66.3 Å². The van der Waals surface area contributed by atoms with Crippen molar-refractivity contribution in [3.05, 3.63) is 89.5 Å². The number of anilines is 2. The van der Waals surface area contributed by atoms with Crippen LogP contribution >= 0.6 is 0 Å². The number of unbranched alkanes of at least 4 members (excludes halogenated alkanes) is 1. The first kappa shape index (κ1) is 38.8. The summed E-state index contributed by atoms with van der Waals surface area (Å²) < 4.78 is 41.0. The molecule has 8 atom stereocenters. The number of rotatable bonds is 12. The second kappa shape index (κ2) is 16.5. The fourth-order valence-corrected chi connectivity index (χ4v) is 10.4. The van der Waals surface area contributed by atoms with Crippen LogP contribution in [0, 0.1) is 17.3 Å². The lowest BCUT2D eigenvalue weighted by atomic mass is 9.69. The monoisotopic (exact) mass is 719 g/mol. The molecule has 278 valence electrons. The van der Waals surface area contributed by atoms with Gasteiger partial charge in [0.1, 0.15) is 6.23 Å². The Morgan fingerprint density at radius 3 is 2.41 bits per heavy atom. The molecule has 0 unspecified atom stereocenters. The van der Waals surface area contributed by atoms with E-state index in [0.29, 0.717) is 30.7 Å². The number of carbonyl (C=O) groups excluding carboxylic acids is 1. The summed E-state index contributed by atoms with van der Waals surface area (Å²) in [5.41, 5.74) is 2.95. The van der Waals surface area contributed by atoms with Crippen LogP contribution in [0.15, 0.2) is 77.7 Å². The van der Waals surface area contributed by atoms with Crippen molar-refractivity contribution in [3.8, 4) is 0 Å². The van der Waals surface area contributed by atoms with Crippen LogP contribution in [0.4, 0.5) is 16.2 Å². The van der Waals surface area contributed by atoms with E-state index in [2.05, 4.69) is 31.4 Å². The number of urea groups is 1. The lowest BCUT2D eigenvalue weighted by molar-refractivity contribution is -0.189. The third-order valence-electron chi connectivity index (χ3n) is 11.2. The molecule has 9 nitrogen and oxygen atoms in total. The molecule has 51 heavy (non-hydrogen) atoms. The van der Waals surface area contributed by atoms with Crippen LogP contribution in [0.5, 0.6) is 0 Å². The number of carbonyl (C=O) groups is 1. The normalized spacial score (nSPS) is 28.7. The van der Waals surface area contributed by atoms with E-state index in [1.54, 1.807) is 12.1 Å². The fraction of sp³-hybridized carbons (Fsp3) is 0.537. The first-order chi connectivity index (χ1) is 24.3. The van der Waals surface area contributed by atoms with E-state index in [4.69, 9.17) is 9.47 Å². The van der Waals surface area contributed by atoms with Gasteiger partial charge in [-0.25, -0.2) is 13.2 Å². The number of aliphatic hydroxyl groups excluding tert-OH is 1. The number of ether oxygens (including phenoxy) is 2. The maximum absolute atomic E-state index is 14.1. The van der Waals surface area contributed by atoms with E-state index in [-0.39, 0.29) is 34.7 Å². The summed E-state index contributed by atoms with van der Waals surface area (Å²) in [5, 5.41) is 18.4. The molecule has 1 saturated heterocycles. The number of benzene rings is 3. The summed E-state index contributed by atoms with van der Waals surface area (Å²) >= 11 is 0. The Morgan fingerprint density at radius 2 is 1.75 bits per heavy atom. The Kier molecular flexibility index (Phi) is 12.5. The van der Waals surface area contributed by atoms with Gasteiger partial charge < -0.3 is 30.1 Å². The van der Waals surface area contributed by atoms with E-state index in [0.717, 1.165) is 36.1 Å². The van der Waals surface area contributed by atoms with Crippen LogP contribution in [0.3, 0.4) is 0 Å². The Hall–Kier alpha value is -3.44. The summed E-state index contributed by atoms with van der Waals surface area (Å²) in [6, 6.07) is 22.5. The van der Waals surface area contributed by atoms with Gasteiger partial charge in [0, 0.05) is 48.6 Å². The van der Waals surface area contributed by atoms with Gasteiger partial charge in [-0.2, -0.15) is 0 Å². The van der Waals surface area contributed by atoms with Crippen LogP contribution < -0.4 is 15.5 Å². The second-order valence-electron chi connectivity index (χ2n) is 14.8. The van der Waals surface area contributed by atoms with Crippen LogP contribution in [0.1, 0.15) is 89.3 Å². The van der Waals surface area contributed by atoms with E-state index in [9.17, 15) is 18.3 Å². The molecule has 3 aromatic carbocycles. The Balaban J connectivity index is 1.42. The molecule has 2 amide bonds. The van der Waals surface area contributed by atoms with E-state index >= 15 is 0 Å². The minimum Gasteiger partial charge on any atom is -0.392 e. The highest BCUT2D eigenvalue weighted by molar-refractivity contribution is 7.91. The third-order valence-corrected chi connectivity index (χ3v) is 13.2. The molecule has 0 radical (unpaired) electrons. The van der Waals surface area contributed by atoms with Crippen molar-refractivity contribution >= 4 is 27.2 Å². The average Bonchev–Trinajstić information content (AvgIpc) is 3.18. The van der Waals surface area contributed by atoms with Crippen molar-refractivity contribution in [1.29, 1.82) is 0 Å². The van der Waals surface area contributed by atoms with Gasteiger partial charge in [0.25, 0.3) is 0 Å². The summed E-state index contributed by atoms with van der Waals surface area (Å²) in [5.74, 6) is -0.713. The summed E-state index contributed by atoms with van der Waals surface area (Å²) in [7, 11) is 0.114. The number of hydrogen-bond donors (Lipinski definition) is 3. The first-order valence-corrected chi connectivity index (χ1v) is 20.2. The van der Waals surface area contributed by atoms with Crippen molar-refractivity contribution in [2.24, 2.45) is 17.3 Å². The molecule has 2 aliphatic heterocycles. The highest BCUT2D eigenvalue weighted by Gasteiger charge is 2.49. The predicted octanol–water partition coefficient (Wildman–Crippen LogP) is 7.73. The molecule has 0 spiro atoms. The number of hydrogen-bond acceptors (Lipinski definition) is 7. The highest BCUT2D eigenvalue weighted by Crippen LogP contribution is 2.49. The number of sulfone groups is 1. The quantitative estimate of drug-likeness (QED) is 0.175. The second-order valence-corrected chi connectivity index (χ2v) is 16.8. The molecule has 1 fully saturated rings. The lowest BCUT2D eigenvalue weighted by Crippen LogP contribution is -2.56. The Bertz CT molecular complexity index is 1730. The molecule has 3 aromatic rings. The standard InChI is InChI=1S/C41H57N3O6S/c1-8-11-22-41(10-3)26-51(47,48)35-21-20-32(44(6)7)24-33(35)36(38(41)45)30-18-15-19-31(23-30)42-40(46)43-39-28(5)37(27(4)34(9-2)50-39)49-25-29-16-13-12-14-17-29/h12-21,23-24,27-28,34,36-39,45H,8-11,22,25-26H2,1-7H3,(H2,42,43,46)/t27-,28-,34-,36-,37+,38-,39-,41-/m1/s1. The topological polar surface area (TPSA) is 117 Å². The van der Waals surface area contributed by atoms with Gasteiger partial charge >= 0.3 is 6.03 Å². The molecule has 3 N–H and O–H groups in total. The van der Waals surface area contributed by atoms with Crippen LogP contribution in [0.2, 0.25) is 0 Å². The van der Waals surface area contributed by atoms with Gasteiger partial charge in [0.05, 0.1) is 35.6 Å². The lowest BCUT2D eigenvalue weighted by Gasteiger charge is -2.44. The summed E-state index contributed by atoms with van der Waals surface area (Å²) in [6.45, 7) is 10.8. The first-order valence-electron chi connectivity index (χ1n) is 18.5. The third kappa shape index (κ3) is 8.46. The van der Waals surface area contributed by atoms with Crippen LogP contribution in [-0.4, -0.2) is 63.9 Å². The van der Waals surface area contributed by atoms with Gasteiger partial charge in [0.2, 0.25) is 0 Å². The van der Waals surface area contributed by atoms with Crippen molar-refractivity contribution < 1.29 is 27.8 Å². The molecule has 0 bridgehead atoms. The SMILES string of the molecule is CCCC[C@]1(CC)CS(=O)(=O)c2ccc(N(C)C)cc2[C@@H](c2cccc(NC(=O)N[C@@H]3O[C@H](CC)[C@@H](C)[C@H](OCc4ccccc4)[C@H]3C)c2)[C@H]1O. The van der Waals surface area contributed by atoms with E-state index in [1.165, 1.54) is 0 Å². The van der Waals surface area contributed by atoms with Gasteiger partial charge in [0.15, 0.2) is 9.84 Å². The van der Waals surface area contributed by atoms with Gasteiger partial charge in [-0.15, -0.1) is 0 Å². The highest BCUT2D eigenvalue weighted by atomic mass is 32.2. The molecule has 2 heterocycles. The predicted molar refractivity (Wildman–Crippen MR) is 204 cm³/mol. The Morgan fingerprint density at radius 1 is 1.00 bits per heavy atom. The minimum atomic E-state index is -3.71. The van der Waals surface area contributed by atoms with E-state index in [1.807, 2.05) is 93.5 Å². The van der Waals surface area contributed by atoms with Crippen molar-refractivity contribution in [1.82, 2.24) is 5.32 Å². The van der Waals surface area contributed by atoms with Crippen LogP contribution in [0.25, 0.3) is 0 Å². The Labute approximate surface area is 305 Å². The zero-order valence-electron chi connectivity index (χ0n) is 31.3. The van der Waals surface area contributed by atoms with E-state index < -0.39 is 39.5 Å². The minimum absolute atomic E-state index is 0.0812. The summed E-state index contributed by atoms with van der Waals surface area (Å²) in [6.07, 6.45) is 1.87. The molecular formula is C41H57N3O6S. The maximum Gasteiger partial charge on any atom is 0.321 e. The smallest absolute Gasteiger partial charge is 0.321 e. The molecular weight excluding hydrogens is 663 g/mol. The van der Waals surface area contributed by atoms with Gasteiger partial charge in [-0.1, -0.05) is 89.9 Å². The summed E-state index contributed by atoms with van der Waals surface area (Å²) in [4.78, 5) is 15.8. The number of nitrogens with zero attached hydrogens (tertiary/aromatic N) is 1. The molecule has 2 aliphatic rings.